The Hall–Kier alpha value is -0.920. The van der Waals surface area contributed by atoms with Crippen LogP contribution >= 0.6 is 28.3 Å². The highest BCUT2D eigenvalue weighted by atomic mass is 79.9. The van der Waals surface area contributed by atoms with E-state index in [4.69, 9.17) is 5.73 Å². The fraction of sp³-hybridized carbons (Fsp3) is 0.250. The third-order valence-corrected chi connectivity index (χ3v) is 5.76. The van der Waals surface area contributed by atoms with Crippen molar-refractivity contribution in [2.45, 2.75) is 11.3 Å². The van der Waals surface area contributed by atoms with Gasteiger partial charge in [-0.05, 0) is 36.2 Å². The lowest BCUT2D eigenvalue weighted by Gasteiger charge is -2.21. The van der Waals surface area contributed by atoms with Crippen LogP contribution in [0.1, 0.15) is 5.56 Å². The molecule has 2 aromatic carbocycles. The number of rotatable bonds is 7. The van der Waals surface area contributed by atoms with Crippen molar-refractivity contribution in [3.63, 3.8) is 0 Å². The smallest absolute Gasteiger partial charge is 0.243 e. The van der Waals surface area contributed by atoms with Gasteiger partial charge in [0.05, 0.1) is 4.90 Å². The predicted molar refractivity (Wildman–Crippen MR) is 99.3 cm³/mol. The van der Waals surface area contributed by atoms with Gasteiger partial charge in [0.1, 0.15) is 0 Å². The first kappa shape index (κ1) is 20.1. The maximum Gasteiger partial charge on any atom is 0.243 e. The van der Waals surface area contributed by atoms with Gasteiger partial charge in [-0.1, -0.05) is 46.3 Å². The lowest BCUT2D eigenvalue weighted by atomic mass is 10.1. The Labute approximate surface area is 152 Å². The Morgan fingerprint density at radius 2 is 1.57 bits per heavy atom. The van der Waals surface area contributed by atoms with E-state index in [0.29, 0.717) is 26.1 Å². The molecule has 126 valence electrons. The summed E-state index contributed by atoms with van der Waals surface area (Å²) in [5, 5.41) is 0. The molecule has 0 amide bonds. The van der Waals surface area contributed by atoms with Crippen LogP contribution in [0.25, 0.3) is 0 Å². The zero-order valence-electron chi connectivity index (χ0n) is 12.6. The molecule has 4 nitrogen and oxygen atoms in total. The Balaban J connectivity index is 0.00000264. The average Bonchev–Trinajstić information content (AvgIpc) is 2.52. The van der Waals surface area contributed by atoms with Gasteiger partial charge < -0.3 is 5.73 Å². The van der Waals surface area contributed by atoms with E-state index in [1.54, 1.807) is 24.3 Å². The van der Waals surface area contributed by atoms with Gasteiger partial charge in [-0.2, -0.15) is 4.31 Å². The van der Waals surface area contributed by atoms with Gasteiger partial charge in [0.15, 0.2) is 0 Å². The van der Waals surface area contributed by atoms with Crippen LogP contribution in [0, 0.1) is 0 Å². The molecule has 2 aromatic rings. The number of nitrogens with zero attached hydrogens (tertiary/aromatic N) is 1. The second kappa shape index (κ2) is 9.39. The van der Waals surface area contributed by atoms with E-state index in [2.05, 4.69) is 15.9 Å². The van der Waals surface area contributed by atoms with Gasteiger partial charge in [0, 0.05) is 24.1 Å². The highest BCUT2D eigenvalue weighted by molar-refractivity contribution is 9.10. The Kier molecular flexibility index (Phi) is 8.22. The third kappa shape index (κ3) is 5.58. The first-order valence-electron chi connectivity index (χ1n) is 7.04. The van der Waals surface area contributed by atoms with E-state index in [9.17, 15) is 8.42 Å². The molecular formula is C16H20BrClN2O2S. The molecule has 0 fully saturated rings. The quantitative estimate of drug-likeness (QED) is 0.750. The monoisotopic (exact) mass is 418 g/mol. The van der Waals surface area contributed by atoms with E-state index in [1.807, 2.05) is 30.3 Å². The summed E-state index contributed by atoms with van der Waals surface area (Å²) in [4.78, 5) is 0.289. The third-order valence-electron chi connectivity index (χ3n) is 3.32. The first-order valence-corrected chi connectivity index (χ1v) is 9.27. The first-order chi connectivity index (χ1) is 10.5. The van der Waals surface area contributed by atoms with Gasteiger partial charge in [-0.3, -0.25) is 0 Å². The van der Waals surface area contributed by atoms with E-state index in [-0.39, 0.29) is 17.3 Å². The minimum absolute atomic E-state index is 0. The summed E-state index contributed by atoms with van der Waals surface area (Å²) in [6.07, 6.45) is 0.663. The molecule has 0 radical (unpaired) electrons. The van der Waals surface area contributed by atoms with E-state index >= 15 is 0 Å². The van der Waals surface area contributed by atoms with Gasteiger partial charge in [0.25, 0.3) is 0 Å². The van der Waals surface area contributed by atoms with Crippen molar-refractivity contribution in [1.82, 2.24) is 4.31 Å². The van der Waals surface area contributed by atoms with Crippen LogP contribution in [-0.2, 0) is 16.4 Å². The SMILES string of the molecule is Cl.NCCN(CCc1ccccc1)S(=O)(=O)c1ccc(Br)cc1. The van der Waals surface area contributed by atoms with Crippen LogP contribution in [0.5, 0.6) is 0 Å². The van der Waals surface area contributed by atoms with E-state index in [1.165, 1.54) is 4.31 Å². The fourth-order valence-corrected chi connectivity index (χ4v) is 3.87. The molecule has 2 rings (SSSR count). The fourth-order valence-electron chi connectivity index (χ4n) is 2.15. The van der Waals surface area contributed by atoms with Gasteiger partial charge in [0.2, 0.25) is 10.0 Å². The maximum atomic E-state index is 12.7. The van der Waals surface area contributed by atoms with Crippen LogP contribution in [0.3, 0.4) is 0 Å². The van der Waals surface area contributed by atoms with Gasteiger partial charge in [-0.25, -0.2) is 8.42 Å². The normalized spacial score (nSPS) is 11.3. The van der Waals surface area contributed by atoms with Crippen molar-refractivity contribution in [2.75, 3.05) is 19.6 Å². The van der Waals surface area contributed by atoms with Crippen molar-refractivity contribution in [3.8, 4) is 0 Å². The molecule has 0 unspecified atom stereocenters. The van der Waals surface area contributed by atoms with Crippen LogP contribution < -0.4 is 5.73 Å². The molecule has 23 heavy (non-hydrogen) atoms. The summed E-state index contributed by atoms with van der Waals surface area (Å²) in [5.41, 5.74) is 6.69. The molecule has 0 aliphatic rings. The molecule has 2 N–H and O–H groups in total. The number of sulfonamides is 1. The molecular weight excluding hydrogens is 400 g/mol. The summed E-state index contributed by atoms with van der Waals surface area (Å²) < 4.78 is 27.7. The van der Waals surface area contributed by atoms with Crippen molar-refractivity contribution < 1.29 is 8.42 Å². The highest BCUT2D eigenvalue weighted by Gasteiger charge is 2.23. The van der Waals surface area contributed by atoms with E-state index < -0.39 is 10.0 Å². The topological polar surface area (TPSA) is 63.4 Å². The standard InChI is InChI=1S/C16H19BrN2O2S.ClH/c17-15-6-8-16(9-7-15)22(20,21)19(13-11-18)12-10-14-4-2-1-3-5-14;/h1-9H,10-13,18H2;1H. The summed E-state index contributed by atoms with van der Waals surface area (Å²) in [7, 11) is -3.52. The molecule has 0 heterocycles. The number of nitrogens with two attached hydrogens (primary N) is 1. The zero-order valence-corrected chi connectivity index (χ0v) is 15.8. The maximum absolute atomic E-state index is 12.7. The molecule has 0 aliphatic carbocycles. The van der Waals surface area contributed by atoms with Crippen molar-refractivity contribution >= 4 is 38.4 Å². The number of hydrogen-bond acceptors (Lipinski definition) is 3. The number of halogens is 2. The lowest BCUT2D eigenvalue weighted by Crippen LogP contribution is -2.36. The van der Waals surface area contributed by atoms with Crippen molar-refractivity contribution in [1.29, 1.82) is 0 Å². The molecule has 0 saturated carbocycles. The molecule has 0 aromatic heterocycles. The predicted octanol–water partition coefficient (Wildman–Crippen LogP) is 3.06. The number of hydrogen-bond donors (Lipinski definition) is 1. The van der Waals surface area contributed by atoms with Crippen molar-refractivity contribution in [3.05, 3.63) is 64.6 Å². The zero-order chi connectivity index (χ0) is 16.0. The summed E-state index contributed by atoms with van der Waals surface area (Å²) in [5.74, 6) is 0. The van der Waals surface area contributed by atoms with Crippen molar-refractivity contribution in [2.24, 2.45) is 5.73 Å². The molecule has 7 heteroatoms. The molecule has 0 aliphatic heterocycles. The Bertz CT molecular complexity index is 694. The Morgan fingerprint density at radius 3 is 2.13 bits per heavy atom. The molecule has 0 saturated heterocycles. The molecule has 0 spiro atoms. The molecule has 0 bridgehead atoms. The van der Waals surface area contributed by atoms with E-state index in [0.717, 1.165) is 10.0 Å². The average molecular weight is 420 g/mol. The summed E-state index contributed by atoms with van der Waals surface area (Å²) in [6.45, 7) is 1.02. The van der Waals surface area contributed by atoms with Crippen LogP contribution in [0.4, 0.5) is 0 Å². The van der Waals surface area contributed by atoms with Crippen LogP contribution in [-0.4, -0.2) is 32.4 Å². The van der Waals surface area contributed by atoms with Gasteiger partial charge in [-0.15, -0.1) is 12.4 Å². The highest BCUT2D eigenvalue weighted by Crippen LogP contribution is 2.19. The van der Waals surface area contributed by atoms with Crippen LogP contribution in [0.2, 0.25) is 0 Å². The lowest BCUT2D eigenvalue weighted by molar-refractivity contribution is 0.421. The second-order valence-electron chi connectivity index (χ2n) is 4.88. The molecule has 0 atom stereocenters. The summed E-state index contributed by atoms with van der Waals surface area (Å²) in [6, 6.07) is 16.5. The second-order valence-corrected chi connectivity index (χ2v) is 7.74. The van der Waals surface area contributed by atoms with Crippen LogP contribution in [0.15, 0.2) is 64.0 Å². The number of benzene rings is 2. The van der Waals surface area contributed by atoms with Gasteiger partial charge >= 0.3 is 0 Å². The largest absolute Gasteiger partial charge is 0.329 e. The Morgan fingerprint density at radius 1 is 0.957 bits per heavy atom. The minimum Gasteiger partial charge on any atom is -0.329 e. The summed E-state index contributed by atoms with van der Waals surface area (Å²) >= 11 is 3.31. The minimum atomic E-state index is -3.52.